The fourth-order valence-electron chi connectivity index (χ4n) is 3.22. The number of carbonyl (C=O) groups excluding carboxylic acids is 1. The Bertz CT molecular complexity index is 912. The highest BCUT2D eigenvalue weighted by molar-refractivity contribution is 9.10. The Morgan fingerprint density at radius 2 is 2.26 bits per heavy atom. The molecular weight excluding hydrogens is 356 g/mol. The third-order valence-corrected chi connectivity index (χ3v) is 5.19. The first-order valence-electron chi connectivity index (χ1n) is 7.58. The molecule has 0 spiro atoms. The lowest BCUT2D eigenvalue weighted by molar-refractivity contribution is 0.0923. The second-order valence-electron chi connectivity index (χ2n) is 6.35. The molecule has 1 aromatic carbocycles. The number of carbonyl (C=O) groups is 1. The highest BCUT2D eigenvalue weighted by Gasteiger charge is 2.54. The van der Waals surface area contributed by atoms with E-state index in [1.165, 1.54) is 0 Å². The summed E-state index contributed by atoms with van der Waals surface area (Å²) in [5.74, 6) is 0.333. The molecule has 118 valence electrons. The molecule has 0 bridgehead atoms. The second-order valence-corrected chi connectivity index (χ2v) is 7.26. The highest BCUT2D eigenvalue weighted by atomic mass is 79.9. The molecule has 2 N–H and O–H groups in total. The second kappa shape index (κ2) is 4.96. The van der Waals surface area contributed by atoms with Crippen molar-refractivity contribution in [1.82, 2.24) is 20.1 Å². The van der Waals surface area contributed by atoms with Crippen molar-refractivity contribution >= 4 is 32.7 Å². The molecule has 1 saturated carbocycles. The number of amides is 1. The Labute approximate surface area is 142 Å². The summed E-state index contributed by atoms with van der Waals surface area (Å²) < 4.78 is 2.77. The van der Waals surface area contributed by atoms with Gasteiger partial charge in [-0.1, -0.05) is 22.9 Å². The number of hydrogen-bond acceptors (Lipinski definition) is 2. The van der Waals surface area contributed by atoms with Crippen LogP contribution < -0.4 is 5.32 Å². The van der Waals surface area contributed by atoms with Gasteiger partial charge in [0.05, 0.1) is 11.7 Å². The fourth-order valence-corrected chi connectivity index (χ4v) is 3.60. The van der Waals surface area contributed by atoms with Crippen molar-refractivity contribution in [3.05, 3.63) is 52.4 Å². The van der Waals surface area contributed by atoms with Crippen LogP contribution in [0.1, 0.15) is 29.4 Å². The summed E-state index contributed by atoms with van der Waals surface area (Å²) in [4.78, 5) is 15.9. The van der Waals surface area contributed by atoms with Gasteiger partial charge >= 0.3 is 0 Å². The Kier molecular flexibility index (Phi) is 3.13. The molecule has 1 fully saturated rings. The van der Waals surface area contributed by atoms with Crippen molar-refractivity contribution in [2.75, 3.05) is 0 Å². The molecule has 4 rings (SSSR count). The SMILES string of the molecule is C[C@H]1C[C@]1(NC(=O)c1cc2cc(Br)ccc2[nH]1)c1cnn(C)c1. The number of aromatic nitrogens is 3. The number of fused-ring (bicyclic) bond motifs is 1. The van der Waals surface area contributed by atoms with Crippen LogP contribution in [0, 0.1) is 5.92 Å². The van der Waals surface area contributed by atoms with Crippen molar-refractivity contribution in [2.24, 2.45) is 13.0 Å². The van der Waals surface area contributed by atoms with Crippen LogP contribution in [0.25, 0.3) is 10.9 Å². The summed E-state index contributed by atoms with van der Waals surface area (Å²) in [5, 5.41) is 8.45. The van der Waals surface area contributed by atoms with Gasteiger partial charge < -0.3 is 10.3 Å². The number of nitrogens with zero attached hydrogens (tertiary/aromatic N) is 2. The minimum Gasteiger partial charge on any atom is -0.351 e. The summed E-state index contributed by atoms with van der Waals surface area (Å²) in [6.07, 6.45) is 4.76. The van der Waals surface area contributed by atoms with Crippen molar-refractivity contribution in [1.29, 1.82) is 0 Å². The largest absolute Gasteiger partial charge is 0.351 e. The lowest BCUT2D eigenvalue weighted by Crippen LogP contribution is -2.36. The normalized spacial score (nSPS) is 23.2. The number of H-pyrrole nitrogens is 1. The molecule has 2 atom stereocenters. The van der Waals surface area contributed by atoms with E-state index in [1.54, 1.807) is 4.68 Å². The minimum atomic E-state index is -0.288. The Morgan fingerprint density at radius 1 is 1.48 bits per heavy atom. The number of aromatic amines is 1. The number of hydrogen-bond donors (Lipinski definition) is 2. The van der Waals surface area contributed by atoms with Gasteiger partial charge in [-0.05, 0) is 36.6 Å². The van der Waals surface area contributed by atoms with Crippen LogP contribution in [0.5, 0.6) is 0 Å². The quantitative estimate of drug-likeness (QED) is 0.740. The molecule has 0 unspecified atom stereocenters. The smallest absolute Gasteiger partial charge is 0.268 e. The summed E-state index contributed by atoms with van der Waals surface area (Å²) in [7, 11) is 1.89. The zero-order chi connectivity index (χ0) is 16.2. The average molecular weight is 373 g/mol. The van der Waals surface area contributed by atoms with Crippen molar-refractivity contribution in [3.8, 4) is 0 Å². The first-order valence-corrected chi connectivity index (χ1v) is 8.37. The molecular formula is C17H17BrN4O. The van der Waals surface area contributed by atoms with E-state index in [1.807, 2.05) is 43.7 Å². The van der Waals surface area contributed by atoms with Crippen LogP contribution in [0.2, 0.25) is 0 Å². The van der Waals surface area contributed by atoms with Gasteiger partial charge in [0.1, 0.15) is 5.69 Å². The van der Waals surface area contributed by atoms with Gasteiger partial charge in [0.2, 0.25) is 0 Å². The van der Waals surface area contributed by atoms with Crippen molar-refractivity contribution < 1.29 is 4.79 Å². The van der Waals surface area contributed by atoms with Gasteiger partial charge in [-0.15, -0.1) is 0 Å². The molecule has 1 amide bonds. The average Bonchev–Trinajstić information content (AvgIpc) is 2.90. The van der Waals surface area contributed by atoms with Crippen LogP contribution in [0.4, 0.5) is 0 Å². The van der Waals surface area contributed by atoms with E-state index in [9.17, 15) is 4.79 Å². The summed E-state index contributed by atoms with van der Waals surface area (Å²) >= 11 is 3.45. The molecule has 2 aromatic heterocycles. The van der Waals surface area contributed by atoms with Crippen molar-refractivity contribution in [3.63, 3.8) is 0 Å². The Hall–Kier alpha value is -2.08. The van der Waals surface area contributed by atoms with E-state index in [2.05, 4.69) is 38.3 Å². The standard InChI is InChI=1S/C17H17BrN4O/c1-10-7-17(10,12-8-19-22(2)9-12)21-16(23)15-6-11-5-13(18)3-4-14(11)20-15/h3-6,8-10,20H,7H2,1-2H3,(H,21,23)/t10-,17+/m0/s1. The summed E-state index contributed by atoms with van der Waals surface area (Å²) in [6, 6.07) is 7.81. The molecule has 3 aromatic rings. The van der Waals surface area contributed by atoms with E-state index in [4.69, 9.17) is 0 Å². The molecule has 0 aliphatic heterocycles. The minimum absolute atomic E-state index is 0.0782. The third kappa shape index (κ3) is 2.37. The highest BCUT2D eigenvalue weighted by Crippen LogP contribution is 2.51. The molecule has 6 heteroatoms. The van der Waals surface area contributed by atoms with Crippen LogP contribution in [0.3, 0.4) is 0 Å². The molecule has 5 nitrogen and oxygen atoms in total. The lowest BCUT2D eigenvalue weighted by Gasteiger charge is -2.16. The topological polar surface area (TPSA) is 62.7 Å². The van der Waals surface area contributed by atoms with E-state index in [-0.39, 0.29) is 11.4 Å². The summed E-state index contributed by atoms with van der Waals surface area (Å²) in [5.41, 5.74) is 2.32. The first-order chi connectivity index (χ1) is 11.0. The number of aryl methyl sites for hydroxylation is 1. The monoisotopic (exact) mass is 372 g/mol. The number of rotatable bonds is 3. The maximum absolute atomic E-state index is 12.7. The van der Waals surface area contributed by atoms with Gasteiger partial charge in [0, 0.05) is 34.2 Å². The van der Waals surface area contributed by atoms with Crippen LogP contribution in [-0.2, 0) is 12.6 Å². The third-order valence-electron chi connectivity index (χ3n) is 4.69. The van der Waals surface area contributed by atoms with E-state index >= 15 is 0 Å². The van der Waals surface area contributed by atoms with Gasteiger partial charge in [-0.25, -0.2) is 0 Å². The molecule has 0 radical (unpaired) electrons. The van der Waals surface area contributed by atoms with Gasteiger partial charge in [0.15, 0.2) is 0 Å². The number of nitrogens with one attached hydrogen (secondary N) is 2. The first kappa shape index (κ1) is 14.5. The summed E-state index contributed by atoms with van der Waals surface area (Å²) in [6.45, 7) is 2.15. The van der Waals surface area contributed by atoms with Gasteiger partial charge in [0.25, 0.3) is 5.91 Å². The Morgan fingerprint density at radius 3 is 2.91 bits per heavy atom. The Balaban J connectivity index is 1.63. The zero-order valence-corrected chi connectivity index (χ0v) is 14.5. The maximum Gasteiger partial charge on any atom is 0.268 e. The molecule has 1 aliphatic rings. The lowest BCUT2D eigenvalue weighted by atomic mass is 10.1. The van der Waals surface area contributed by atoms with Crippen LogP contribution in [0.15, 0.2) is 41.1 Å². The molecule has 0 saturated heterocycles. The van der Waals surface area contributed by atoms with Gasteiger partial charge in [-0.2, -0.15) is 5.10 Å². The van der Waals surface area contributed by atoms with E-state index in [0.717, 1.165) is 27.4 Å². The maximum atomic E-state index is 12.7. The molecule has 2 heterocycles. The molecule has 23 heavy (non-hydrogen) atoms. The molecule has 1 aliphatic carbocycles. The fraction of sp³-hybridized carbons (Fsp3) is 0.294. The van der Waals surface area contributed by atoms with Crippen LogP contribution in [-0.4, -0.2) is 20.7 Å². The van der Waals surface area contributed by atoms with E-state index in [0.29, 0.717) is 11.6 Å². The number of benzene rings is 1. The predicted octanol–water partition coefficient (Wildman–Crippen LogP) is 3.33. The van der Waals surface area contributed by atoms with Crippen molar-refractivity contribution in [2.45, 2.75) is 18.9 Å². The zero-order valence-electron chi connectivity index (χ0n) is 12.9. The van der Waals surface area contributed by atoms with Gasteiger partial charge in [-0.3, -0.25) is 9.48 Å². The van der Waals surface area contributed by atoms with Crippen LogP contribution >= 0.6 is 15.9 Å². The van der Waals surface area contributed by atoms with E-state index < -0.39 is 0 Å². The predicted molar refractivity (Wildman–Crippen MR) is 92.1 cm³/mol. The number of halogens is 1.